The van der Waals surface area contributed by atoms with Crippen LogP contribution in [-0.2, 0) is 10.9 Å². The van der Waals surface area contributed by atoms with Crippen molar-refractivity contribution in [2.45, 2.75) is 32.1 Å². The summed E-state index contributed by atoms with van der Waals surface area (Å²) < 4.78 is 45.5. The molecule has 2 saturated heterocycles. The van der Waals surface area contributed by atoms with Crippen LogP contribution >= 0.6 is 0 Å². The number of nitrogens with two attached hydrogens (primary N) is 1. The molecule has 2 aliphatic heterocycles. The van der Waals surface area contributed by atoms with E-state index in [0.717, 1.165) is 56.0 Å². The number of halogens is 3. The predicted octanol–water partition coefficient (Wildman–Crippen LogP) is 3.63. The second-order valence-electron chi connectivity index (χ2n) is 9.19. The summed E-state index contributed by atoms with van der Waals surface area (Å²) in [7, 11) is 0. The lowest BCUT2D eigenvalue weighted by Crippen LogP contribution is -2.58. The van der Waals surface area contributed by atoms with Gasteiger partial charge in [-0.3, -0.25) is 9.88 Å². The number of rotatable bonds is 4. The Morgan fingerprint density at radius 1 is 1.14 bits per heavy atom. The molecule has 0 amide bonds. The number of nitrogens with zero attached hydrogens (tertiary/aromatic N) is 5. The molecule has 0 saturated carbocycles. The maximum absolute atomic E-state index is 13.3. The fraction of sp³-hybridized carbons (Fsp3) is 0.458. The van der Waals surface area contributed by atoms with E-state index < -0.39 is 17.8 Å². The average Bonchev–Trinajstić information content (AvgIpc) is 2.84. The number of anilines is 3. The predicted molar refractivity (Wildman–Crippen MR) is 128 cm³/mol. The van der Waals surface area contributed by atoms with Gasteiger partial charge in [0.2, 0.25) is 0 Å². The van der Waals surface area contributed by atoms with E-state index in [1.807, 2.05) is 19.2 Å². The number of piperazine rings is 1. The van der Waals surface area contributed by atoms with Crippen molar-refractivity contribution in [3.8, 4) is 0 Å². The minimum Gasteiger partial charge on any atom is -0.399 e. The topological polar surface area (TPSA) is 92.4 Å². The van der Waals surface area contributed by atoms with Gasteiger partial charge in [0, 0.05) is 37.3 Å². The van der Waals surface area contributed by atoms with Crippen molar-refractivity contribution >= 4 is 28.1 Å². The van der Waals surface area contributed by atoms with Crippen molar-refractivity contribution in [2.24, 2.45) is 0 Å². The number of pyridine rings is 1. The molecule has 2 atom stereocenters. The van der Waals surface area contributed by atoms with E-state index in [2.05, 4.69) is 30.3 Å². The largest absolute Gasteiger partial charge is 0.416 e. The van der Waals surface area contributed by atoms with Crippen LogP contribution in [0.2, 0.25) is 0 Å². The number of benzene rings is 1. The molecule has 0 bridgehead atoms. The third kappa shape index (κ3) is 4.83. The number of aryl methyl sites for hydroxylation is 1. The van der Waals surface area contributed by atoms with Crippen molar-refractivity contribution < 1.29 is 17.9 Å². The fourth-order valence-corrected chi connectivity index (χ4v) is 4.79. The van der Waals surface area contributed by atoms with Gasteiger partial charge in [0.05, 0.1) is 54.0 Å². The van der Waals surface area contributed by atoms with Gasteiger partial charge < -0.3 is 20.7 Å². The van der Waals surface area contributed by atoms with Crippen LogP contribution in [0.3, 0.4) is 0 Å². The van der Waals surface area contributed by atoms with E-state index in [-0.39, 0.29) is 5.69 Å². The van der Waals surface area contributed by atoms with Crippen LogP contribution in [0.4, 0.5) is 30.4 Å². The lowest BCUT2D eigenvalue weighted by atomic mass is 10.0. The molecule has 35 heavy (non-hydrogen) atoms. The van der Waals surface area contributed by atoms with E-state index in [0.29, 0.717) is 35.2 Å². The Labute approximate surface area is 201 Å². The number of fused-ring (bicyclic) bond motifs is 2. The number of hydrogen-bond donors (Lipinski definition) is 2. The van der Waals surface area contributed by atoms with Crippen LogP contribution in [0, 0.1) is 6.92 Å². The van der Waals surface area contributed by atoms with Gasteiger partial charge in [-0.2, -0.15) is 18.3 Å². The number of hydrogen-bond acceptors (Lipinski definition) is 8. The zero-order valence-electron chi connectivity index (χ0n) is 19.6. The molecule has 2 fully saturated rings. The first-order valence-electron chi connectivity index (χ1n) is 11.6. The van der Waals surface area contributed by atoms with E-state index in [1.54, 1.807) is 6.92 Å². The molecule has 3 N–H and O–H groups in total. The summed E-state index contributed by atoms with van der Waals surface area (Å²) in [5.41, 5.74) is 7.79. The lowest BCUT2D eigenvalue weighted by molar-refractivity contribution is -0.137. The van der Waals surface area contributed by atoms with Gasteiger partial charge in [0.25, 0.3) is 0 Å². The smallest absolute Gasteiger partial charge is 0.399 e. The summed E-state index contributed by atoms with van der Waals surface area (Å²) in [4.78, 5) is 9.41. The Bertz CT molecular complexity index is 1240. The van der Waals surface area contributed by atoms with Crippen LogP contribution < -0.4 is 16.0 Å². The molecule has 2 aromatic heterocycles. The Morgan fingerprint density at radius 2 is 1.97 bits per heavy atom. The summed E-state index contributed by atoms with van der Waals surface area (Å²) in [6, 6.07) is 5.45. The number of nitrogen functional groups attached to an aromatic ring is 1. The van der Waals surface area contributed by atoms with Gasteiger partial charge >= 0.3 is 6.18 Å². The number of ether oxygens (including phenoxy) is 1. The van der Waals surface area contributed by atoms with Crippen molar-refractivity contribution in [3.63, 3.8) is 0 Å². The van der Waals surface area contributed by atoms with Gasteiger partial charge in [0.15, 0.2) is 5.82 Å². The molecule has 1 aromatic carbocycles. The summed E-state index contributed by atoms with van der Waals surface area (Å²) in [6.07, 6.45) is -2.64. The summed E-state index contributed by atoms with van der Waals surface area (Å²) >= 11 is 0. The molecule has 3 aromatic rings. The van der Waals surface area contributed by atoms with E-state index in [9.17, 15) is 13.2 Å². The van der Waals surface area contributed by atoms with Gasteiger partial charge in [-0.15, -0.1) is 5.10 Å². The third-order valence-electron chi connectivity index (χ3n) is 6.73. The molecule has 0 aliphatic carbocycles. The fourth-order valence-electron chi connectivity index (χ4n) is 4.79. The number of morpholine rings is 1. The molecule has 2 aliphatic rings. The SMILES string of the molecule is Cc1nnc(N[C@H](C)c2cc(N)cc(C(F)(F)F)c2)c2cc(N3CCN4CCOC[C@@H]4C3)cnc12. The second-order valence-corrected chi connectivity index (χ2v) is 9.19. The molecular weight excluding hydrogens is 459 g/mol. The molecule has 5 rings (SSSR count). The normalized spacial score (nSPS) is 20.0. The molecule has 0 spiro atoms. The highest BCUT2D eigenvalue weighted by Crippen LogP contribution is 2.34. The van der Waals surface area contributed by atoms with Gasteiger partial charge in [-0.25, -0.2) is 0 Å². The van der Waals surface area contributed by atoms with Crippen molar-refractivity contribution in [1.29, 1.82) is 0 Å². The van der Waals surface area contributed by atoms with Crippen LogP contribution in [0.25, 0.3) is 10.9 Å². The lowest BCUT2D eigenvalue weighted by Gasteiger charge is -2.44. The number of alkyl halides is 3. The third-order valence-corrected chi connectivity index (χ3v) is 6.73. The van der Waals surface area contributed by atoms with E-state index in [4.69, 9.17) is 10.5 Å². The van der Waals surface area contributed by atoms with Crippen LogP contribution in [0.15, 0.2) is 30.5 Å². The Hall–Kier alpha value is -3.18. The van der Waals surface area contributed by atoms with Crippen molar-refractivity contribution in [3.05, 3.63) is 47.3 Å². The Morgan fingerprint density at radius 3 is 2.77 bits per heavy atom. The molecule has 11 heteroatoms. The molecule has 186 valence electrons. The Balaban J connectivity index is 1.45. The maximum Gasteiger partial charge on any atom is 0.416 e. The second kappa shape index (κ2) is 9.12. The van der Waals surface area contributed by atoms with Crippen LogP contribution in [0.1, 0.15) is 29.8 Å². The highest BCUT2D eigenvalue weighted by Gasteiger charge is 2.32. The highest BCUT2D eigenvalue weighted by molar-refractivity contribution is 5.92. The minimum absolute atomic E-state index is 0.0538. The molecule has 8 nitrogen and oxygen atoms in total. The van der Waals surface area contributed by atoms with Gasteiger partial charge in [-0.1, -0.05) is 0 Å². The highest BCUT2D eigenvalue weighted by atomic mass is 19.4. The summed E-state index contributed by atoms with van der Waals surface area (Å²) in [5.74, 6) is 0.461. The summed E-state index contributed by atoms with van der Waals surface area (Å²) in [6.45, 7) is 8.72. The van der Waals surface area contributed by atoms with Crippen LogP contribution in [-0.4, -0.2) is 65.5 Å². The number of aromatic nitrogens is 3. The summed E-state index contributed by atoms with van der Waals surface area (Å²) in [5, 5.41) is 12.5. The van der Waals surface area contributed by atoms with Crippen LogP contribution in [0.5, 0.6) is 0 Å². The zero-order valence-corrected chi connectivity index (χ0v) is 19.6. The zero-order chi connectivity index (χ0) is 24.7. The minimum atomic E-state index is -4.48. The van der Waals surface area contributed by atoms with Crippen molar-refractivity contribution in [2.75, 3.05) is 55.3 Å². The molecule has 0 radical (unpaired) electrons. The van der Waals surface area contributed by atoms with Crippen molar-refractivity contribution in [1.82, 2.24) is 20.1 Å². The standard InChI is InChI=1S/C24H28F3N7O/c1-14(16-7-17(24(25,26)27)9-18(28)8-16)30-23-21-10-19(11-29-22(21)15(2)31-32-23)34-4-3-33-5-6-35-13-20(33)12-34/h7-11,14,20H,3-6,12-13,28H2,1-2H3,(H,30,32)/t14-,20+/m1/s1. The quantitative estimate of drug-likeness (QED) is 0.539. The molecule has 4 heterocycles. The Kier molecular flexibility index (Phi) is 6.14. The average molecular weight is 488 g/mol. The van der Waals surface area contributed by atoms with E-state index in [1.165, 1.54) is 6.07 Å². The van der Waals surface area contributed by atoms with Gasteiger partial charge in [-0.05, 0) is 43.7 Å². The molecular formula is C24H28F3N7O. The van der Waals surface area contributed by atoms with E-state index >= 15 is 0 Å². The first-order valence-corrected chi connectivity index (χ1v) is 11.6. The first kappa shape index (κ1) is 23.6. The maximum atomic E-state index is 13.3. The first-order chi connectivity index (χ1) is 16.7. The monoisotopic (exact) mass is 487 g/mol. The molecule has 0 unspecified atom stereocenters. The van der Waals surface area contributed by atoms with Gasteiger partial charge in [0.1, 0.15) is 0 Å². The number of nitrogens with one attached hydrogen (secondary N) is 1.